The zero-order valence-corrected chi connectivity index (χ0v) is 16.1. The lowest BCUT2D eigenvalue weighted by Gasteiger charge is -2.04. The third-order valence-corrected chi connectivity index (χ3v) is 6.53. The molecule has 2 aromatic rings. The monoisotopic (exact) mass is 387 g/mol. The molecular formula is C15H18ClN3OS3. The van der Waals surface area contributed by atoms with Gasteiger partial charge in [-0.25, -0.2) is 0 Å². The number of thioether (sulfide) groups is 2. The van der Waals surface area contributed by atoms with Gasteiger partial charge in [0.1, 0.15) is 0 Å². The number of nitrogens with one attached hydrogen (secondary N) is 1. The van der Waals surface area contributed by atoms with E-state index in [9.17, 15) is 4.79 Å². The zero-order valence-electron chi connectivity index (χ0n) is 12.9. The van der Waals surface area contributed by atoms with E-state index in [1.165, 1.54) is 11.8 Å². The number of nitrogens with zero attached hydrogens (tertiary/aromatic N) is 2. The maximum Gasteiger partial charge on any atom is 0.230 e. The van der Waals surface area contributed by atoms with Crippen LogP contribution >= 0.6 is 46.5 Å². The van der Waals surface area contributed by atoms with Crippen LogP contribution in [-0.4, -0.2) is 27.6 Å². The summed E-state index contributed by atoms with van der Waals surface area (Å²) in [5, 5.41) is 11.8. The molecular weight excluding hydrogens is 370 g/mol. The second kappa shape index (κ2) is 9.52. The van der Waals surface area contributed by atoms with Gasteiger partial charge in [0.15, 0.2) is 8.68 Å². The normalized spacial score (nSPS) is 11.0. The Labute approximate surface area is 153 Å². The highest BCUT2D eigenvalue weighted by Gasteiger charge is 2.09. The van der Waals surface area contributed by atoms with E-state index in [1.54, 1.807) is 23.1 Å². The predicted octanol–water partition coefficient (Wildman–Crippen LogP) is 4.35. The Balaban J connectivity index is 1.70. The Hall–Kier alpha value is -0.760. The van der Waals surface area contributed by atoms with Gasteiger partial charge in [-0.1, -0.05) is 72.4 Å². The van der Waals surface area contributed by atoms with Crippen molar-refractivity contribution < 1.29 is 4.79 Å². The highest BCUT2D eigenvalue weighted by molar-refractivity contribution is 8.03. The van der Waals surface area contributed by atoms with E-state index in [-0.39, 0.29) is 5.91 Å². The lowest BCUT2D eigenvalue weighted by molar-refractivity contribution is -0.118. The molecule has 0 radical (unpaired) electrons. The van der Waals surface area contributed by atoms with Crippen molar-refractivity contribution in [2.75, 3.05) is 11.5 Å². The van der Waals surface area contributed by atoms with Gasteiger partial charge in [0.2, 0.25) is 5.91 Å². The molecule has 124 valence electrons. The molecule has 4 nitrogen and oxygen atoms in total. The summed E-state index contributed by atoms with van der Waals surface area (Å²) in [6.45, 7) is 4.85. The van der Waals surface area contributed by atoms with Gasteiger partial charge in [-0.2, -0.15) is 0 Å². The number of carbonyl (C=O) groups excluding carboxylic acids is 1. The molecule has 0 atom stereocenters. The lowest BCUT2D eigenvalue weighted by atomic mass is 10.2. The first-order chi connectivity index (χ1) is 11.0. The van der Waals surface area contributed by atoms with Crippen LogP contribution in [0.3, 0.4) is 0 Å². The van der Waals surface area contributed by atoms with Gasteiger partial charge in [-0.05, 0) is 23.6 Å². The summed E-state index contributed by atoms with van der Waals surface area (Å²) >= 11 is 10.5. The van der Waals surface area contributed by atoms with Crippen molar-refractivity contribution in [3.05, 3.63) is 34.9 Å². The average molecular weight is 388 g/mol. The molecule has 1 N–H and O–H groups in total. The minimum atomic E-state index is -0.0171. The molecule has 1 aromatic carbocycles. The van der Waals surface area contributed by atoms with Crippen molar-refractivity contribution in [3.63, 3.8) is 0 Å². The molecule has 2 rings (SSSR count). The number of amides is 1. The predicted molar refractivity (Wildman–Crippen MR) is 99.5 cm³/mol. The number of hydrogen-bond acceptors (Lipinski definition) is 6. The third-order valence-electron chi connectivity index (χ3n) is 2.66. The second-order valence-corrected chi connectivity index (χ2v) is 9.13. The third kappa shape index (κ3) is 7.12. The molecule has 0 saturated heterocycles. The van der Waals surface area contributed by atoms with Crippen LogP contribution in [0.5, 0.6) is 0 Å². The molecule has 0 aliphatic carbocycles. The van der Waals surface area contributed by atoms with Crippen molar-refractivity contribution in [1.29, 1.82) is 0 Å². The molecule has 0 fully saturated rings. The molecule has 23 heavy (non-hydrogen) atoms. The van der Waals surface area contributed by atoms with Crippen LogP contribution in [0.4, 0.5) is 0 Å². The van der Waals surface area contributed by atoms with Gasteiger partial charge < -0.3 is 5.32 Å². The van der Waals surface area contributed by atoms with E-state index in [0.717, 1.165) is 20.0 Å². The Morgan fingerprint density at radius 3 is 2.52 bits per heavy atom. The van der Waals surface area contributed by atoms with E-state index >= 15 is 0 Å². The van der Waals surface area contributed by atoms with Crippen molar-refractivity contribution in [2.24, 2.45) is 5.92 Å². The number of hydrogen-bond donors (Lipinski definition) is 1. The molecule has 0 aliphatic heterocycles. The zero-order chi connectivity index (χ0) is 16.7. The van der Waals surface area contributed by atoms with Crippen LogP contribution in [0.25, 0.3) is 0 Å². The van der Waals surface area contributed by atoms with Crippen molar-refractivity contribution in [2.45, 2.75) is 29.1 Å². The van der Waals surface area contributed by atoms with Crippen molar-refractivity contribution in [3.8, 4) is 0 Å². The first-order valence-electron chi connectivity index (χ1n) is 7.13. The van der Waals surface area contributed by atoms with Crippen LogP contribution in [0, 0.1) is 5.92 Å². The van der Waals surface area contributed by atoms with Crippen LogP contribution in [0.1, 0.15) is 19.4 Å². The Kier molecular flexibility index (Phi) is 7.69. The summed E-state index contributed by atoms with van der Waals surface area (Å²) in [6.07, 6.45) is 0. The molecule has 8 heteroatoms. The van der Waals surface area contributed by atoms with Gasteiger partial charge in [-0.15, -0.1) is 10.2 Å². The Bertz CT molecular complexity index is 631. The van der Waals surface area contributed by atoms with Gasteiger partial charge >= 0.3 is 0 Å². The number of carbonyl (C=O) groups is 1. The molecule has 0 bridgehead atoms. The largest absolute Gasteiger partial charge is 0.351 e. The van der Waals surface area contributed by atoms with Crippen molar-refractivity contribution >= 4 is 52.4 Å². The standard InChI is InChI=1S/C15H18ClN3OS3/c1-10(2)8-21-14-18-19-15(23-14)22-9-13(20)17-7-11-3-5-12(16)6-4-11/h3-6,10H,7-9H2,1-2H3,(H,17,20). The number of halogens is 1. The Morgan fingerprint density at radius 1 is 1.22 bits per heavy atom. The lowest BCUT2D eigenvalue weighted by Crippen LogP contribution is -2.24. The fraction of sp³-hybridized carbons (Fsp3) is 0.400. The van der Waals surface area contributed by atoms with Crippen LogP contribution in [0.2, 0.25) is 5.02 Å². The van der Waals surface area contributed by atoms with Gasteiger partial charge in [0.25, 0.3) is 0 Å². The molecule has 1 amide bonds. The highest BCUT2D eigenvalue weighted by Crippen LogP contribution is 2.29. The number of benzene rings is 1. The van der Waals surface area contributed by atoms with E-state index in [2.05, 4.69) is 29.4 Å². The maximum atomic E-state index is 11.9. The van der Waals surface area contributed by atoms with Crippen molar-refractivity contribution in [1.82, 2.24) is 15.5 Å². The summed E-state index contributed by atoms with van der Waals surface area (Å²) in [5.41, 5.74) is 1.02. The number of aromatic nitrogens is 2. The minimum absolute atomic E-state index is 0.0171. The highest BCUT2D eigenvalue weighted by atomic mass is 35.5. The summed E-state index contributed by atoms with van der Waals surface area (Å²) < 4.78 is 1.79. The molecule has 0 saturated carbocycles. The molecule has 0 unspecified atom stereocenters. The van der Waals surface area contributed by atoms with E-state index < -0.39 is 0 Å². The van der Waals surface area contributed by atoms with E-state index in [4.69, 9.17) is 11.6 Å². The van der Waals surface area contributed by atoms with Gasteiger partial charge in [0, 0.05) is 17.3 Å². The summed E-state index contributed by atoms with van der Waals surface area (Å²) in [5.74, 6) is 1.98. The molecule has 1 aromatic heterocycles. The van der Waals surface area contributed by atoms with Crippen LogP contribution < -0.4 is 5.32 Å². The van der Waals surface area contributed by atoms with E-state index in [0.29, 0.717) is 23.2 Å². The molecule has 0 spiro atoms. The summed E-state index contributed by atoms with van der Waals surface area (Å²) in [4.78, 5) is 11.9. The first kappa shape index (κ1) is 18.6. The second-order valence-electron chi connectivity index (χ2n) is 5.23. The van der Waals surface area contributed by atoms with Crippen LogP contribution in [-0.2, 0) is 11.3 Å². The average Bonchev–Trinajstić information content (AvgIpc) is 2.98. The quantitative estimate of drug-likeness (QED) is 0.682. The summed E-state index contributed by atoms with van der Waals surface area (Å²) in [7, 11) is 0. The maximum absolute atomic E-state index is 11.9. The fourth-order valence-electron chi connectivity index (χ4n) is 1.53. The summed E-state index contributed by atoms with van der Waals surface area (Å²) in [6, 6.07) is 7.43. The number of rotatable bonds is 8. The van der Waals surface area contributed by atoms with Gasteiger partial charge in [-0.3, -0.25) is 4.79 Å². The smallest absolute Gasteiger partial charge is 0.230 e. The van der Waals surface area contributed by atoms with Gasteiger partial charge in [0.05, 0.1) is 5.75 Å². The van der Waals surface area contributed by atoms with Crippen LogP contribution in [0.15, 0.2) is 32.9 Å². The molecule has 0 aliphatic rings. The topological polar surface area (TPSA) is 54.9 Å². The SMILES string of the molecule is CC(C)CSc1nnc(SCC(=O)NCc2ccc(Cl)cc2)s1. The molecule has 1 heterocycles. The Morgan fingerprint density at radius 2 is 1.87 bits per heavy atom. The van der Waals surface area contributed by atoms with E-state index in [1.807, 2.05) is 24.3 Å². The minimum Gasteiger partial charge on any atom is -0.351 e. The first-order valence-corrected chi connectivity index (χ1v) is 10.3. The fourth-order valence-corrected chi connectivity index (χ4v) is 4.49.